The van der Waals surface area contributed by atoms with Crippen molar-refractivity contribution >= 4 is 17.3 Å². The predicted octanol–water partition coefficient (Wildman–Crippen LogP) is 1.04. The molecule has 0 heterocycles. The lowest BCUT2D eigenvalue weighted by Crippen LogP contribution is -2.23. The van der Waals surface area contributed by atoms with Crippen LogP contribution in [-0.4, -0.2) is 39.0 Å². The second-order valence-corrected chi connectivity index (χ2v) is 3.87. The maximum absolute atomic E-state index is 11.8. The van der Waals surface area contributed by atoms with Gasteiger partial charge in [0.25, 0.3) is 5.91 Å². The number of rotatable bonds is 2. The number of anilines is 2. The van der Waals surface area contributed by atoms with Crippen LogP contribution in [0.4, 0.5) is 11.4 Å². The third-order valence-electron chi connectivity index (χ3n) is 2.19. The summed E-state index contributed by atoms with van der Waals surface area (Å²) in [6.07, 6.45) is 0. The summed E-state index contributed by atoms with van der Waals surface area (Å²) in [5.74, 6) is -0.0730. The number of carbonyl (C=O) groups is 1. The van der Waals surface area contributed by atoms with Gasteiger partial charge in [0.2, 0.25) is 0 Å². The van der Waals surface area contributed by atoms with Crippen LogP contribution >= 0.6 is 0 Å². The Labute approximate surface area is 90.3 Å². The molecule has 2 N–H and O–H groups in total. The lowest BCUT2D eigenvalue weighted by atomic mass is 10.1. The van der Waals surface area contributed by atoms with E-state index in [1.807, 2.05) is 25.1 Å². The van der Waals surface area contributed by atoms with E-state index < -0.39 is 0 Å². The monoisotopic (exact) mass is 207 g/mol. The van der Waals surface area contributed by atoms with E-state index in [0.717, 1.165) is 5.69 Å². The van der Waals surface area contributed by atoms with Crippen LogP contribution in [0.3, 0.4) is 0 Å². The van der Waals surface area contributed by atoms with Gasteiger partial charge in [0, 0.05) is 39.6 Å². The van der Waals surface area contributed by atoms with Crippen LogP contribution in [0, 0.1) is 0 Å². The molecule has 1 aromatic carbocycles. The average molecular weight is 207 g/mol. The standard InChI is InChI=1S/C11H17N3O/c1-13(2)8-5-6-10(12)9(7-8)11(15)14(3)4/h5-7H,12H2,1-4H3. The molecule has 0 atom stereocenters. The second-order valence-electron chi connectivity index (χ2n) is 3.87. The van der Waals surface area contributed by atoms with Crippen LogP contribution in [0.5, 0.6) is 0 Å². The summed E-state index contributed by atoms with van der Waals surface area (Å²) in [7, 11) is 7.28. The molecule has 1 amide bonds. The highest BCUT2D eigenvalue weighted by atomic mass is 16.2. The molecule has 1 rings (SSSR count). The Bertz CT molecular complexity index is 372. The number of hydrogen-bond donors (Lipinski definition) is 1. The van der Waals surface area contributed by atoms with Crippen LogP contribution < -0.4 is 10.6 Å². The molecule has 0 aliphatic rings. The molecule has 82 valence electrons. The molecular formula is C11H17N3O. The molecule has 0 fully saturated rings. The van der Waals surface area contributed by atoms with Gasteiger partial charge in [0.05, 0.1) is 5.56 Å². The van der Waals surface area contributed by atoms with Gasteiger partial charge in [-0.1, -0.05) is 0 Å². The molecule has 0 unspecified atom stereocenters. The maximum Gasteiger partial charge on any atom is 0.255 e. The van der Waals surface area contributed by atoms with Gasteiger partial charge in [-0.15, -0.1) is 0 Å². The molecule has 15 heavy (non-hydrogen) atoms. The lowest BCUT2D eigenvalue weighted by molar-refractivity contribution is 0.0828. The number of hydrogen-bond acceptors (Lipinski definition) is 3. The fourth-order valence-corrected chi connectivity index (χ4v) is 1.25. The van der Waals surface area contributed by atoms with Gasteiger partial charge in [-0.2, -0.15) is 0 Å². The van der Waals surface area contributed by atoms with Crippen molar-refractivity contribution in [3.05, 3.63) is 23.8 Å². The number of carbonyl (C=O) groups excluding carboxylic acids is 1. The first-order valence-corrected chi connectivity index (χ1v) is 4.72. The molecule has 0 aliphatic carbocycles. The van der Waals surface area contributed by atoms with Crippen molar-refractivity contribution < 1.29 is 4.79 Å². The average Bonchev–Trinajstić information content (AvgIpc) is 2.16. The highest BCUT2D eigenvalue weighted by Gasteiger charge is 2.12. The van der Waals surface area contributed by atoms with E-state index in [1.165, 1.54) is 4.90 Å². The number of nitrogens with zero attached hydrogens (tertiary/aromatic N) is 2. The summed E-state index contributed by atoms with van der Waals surface area (Å²) in [4.78, 5) is 15.2. The molecule has 0 radical (unpaired) electrons. The molecular weight excluding hydrogens is 190 g/mol. The molecule has 4 heteroatoms. The molecule has 0 aromatic heterocycles. The van der Waals surface area contributed by atoms with Crippen LogP contribution in [0.1, 0.15) is 10.4 Å². The van der Waals surface area contributed by atoms with Gasteiger partial charge < -0.3 is 15.5 Å². The highest BCUT2D eigenvalue weighted by molar-refractivity contribution is 5.99. The van der Waals surface area contributed by atoms with E-state index in [9.17, 15) is 4.79 Å². The maximum atomic E-state index is 11.8. The molecule has 0 saturated carbocycles. The lowest BCUT2D eigenvalue weighted by Gasteiger charge is -2.17. The Morgan fingerprint density at radius 3 is 2.27 bits per heavy atom. The van der Waals surface area contributed by atoms with Gasteiger partial charge in [-0.25, -0.2) is 0 Å². The van der Waals surface area contributed by atoms with E-state index in [0.29, 0.717) is 11.3 Å². The zero-order chi connectivity index (χ0) is 11.6. The Balaban J connectivity index is 3.16. The van der Waals surface area contributed by atoms with Crippen molar-refractivity contribution in [3.63, 3.8) is 0 Å². The number of nitrogens with two attached hydrogens (primary N) is 1. The van der Waals surface area contributed by atoms with Crippen LogP contribution in [0.15, 0.2) is 18.2 Å². The quantitative estimate of drug-likeness (QED) is 0.737. The smallest absolute Gasteiger partial charge is 0.255 e. The van der Waals surface area contributed by atoms with Gasteiger partial charge in [-0.3, -0.25) is 4.79 Å². The first kappa shape index (κ1) is 11.4. The van der Waals surface area contributed by atoms with Crippen molar-refractivity contribution in [1.29, 1.82) is 0 Å². The fourth-order valence-electron chi connectivity index (χ4n) is 1.25. The Hall–Kier alpha value is -1.71. The zero-order valence-corrected chi connectivity index (χ0v) is 9.61. The summed E-state index contributed by atoms with van der Waals surface area (Å²) in [6.45, 7) is 0. The van der Waals surface area contributed by atoms with Crippen molar-refractivity contribution in [2.24, 2.45) is 0 Å². The SMILES string of the molecule is CN(C)C(=O)c1cc(N(C)C)ccc1N. The molecule has 4 nitrogen and oxygen atoms in total. The molecule has 1 aromatic rings. The minimum absolute atomic E-state index is 0.0730. The van der Waals surface area contributed by atoms with Crippen molar-refractivity contribution in [3.8, 4) is 0 Å². The highest BCUT2D eigenvalue weighted by Crippen LogP contribution is 2.20. The van der Waals surface area contributed by atoms with Gasteiger partial charge in [-0.05, 0) is 18.2 Å². The number of benzene rings is 1. The number of amides is 1. The van der Waals surface area contributed by atoms with Crippen molar-refractivity contribution in [1.82, 2.24) is 4.90 Å². The second kappa shape index (κ2) is 4.21. The molecule has 0 spiro atoms. The van der Waals surface area contributed by atoms with Gasteiger partial charge in [0.15, 0.2) is 0 Å². The minimum atomic E-state index is -0.0730. The normalized spacial score (nSPS) is 9.87. The van der Waals surface area contributed by atoms with Crippen LogP contribution in [0.25, 0.3) is 0 Å². The van der Waals surface area contributed by atoms with Crippen molar-refractivity contribution in [2.75, 3.05) is 38.8 Å². The fraction of sp³-hybridized carbons (Fsp3) is 0.364. The summed E-state index contributed by atoms with van der Waals surface area (Å²) < 4.78 is 0. The summed E-state index contributed by atoms with van der Waals surface area (Å²) >= 11 is 0. The van der Waals surface area contributed by atoms with Gasteiger partial charge >= 0.3 is 0 Å². The third-order valence-corrected chi connectivity index (χ3v) is 2.19. The Kier molecular flexibility index (Phi) is 3.19. The number of nitrogen functional groups attached to an aromatic ring is 1. The van der Waals surface area contributed by atoms with Crippen LogP contribution in [0.2, 0.25) is 0 Å². The van der Waals surface area contributed by atoms with Crippen LogP contribution in [-0.2, 0) is 0 Å². The zero-order valence-electron chi connectivity index (χ0n) is 9.61. The Morgan fingerprint density at radius 1 is 1.20 bits per heavy atom. The van der Waals surface area contributed by atoms with E-state index in [-0.39, 0.29) is 5.91 Å². The van der Waals surface area contributed by atoms with E-state index in [2.05, 4.69) is 0 Å². The summed E-state index contributed by atoms with van der Waals surface area (Å²) in [6, 6.07) is 5.45. The summed E-state index contributed by atoms with van der Waals surface area (Å²) in [5.41, 5.74) is 7.79. The minimum Gasteiger partial charge on any atom is -0.398 e. The topological polar surface area (TPSA) is 49.6 Å². The predicted molar refractivity (Wildman–Crippen MR) is 63.2 cm³/mol. The first-order valence-electron chi connectivity index (χ1n) is 4.72. The van der Waals surface area contributed by atoms with Crippen molar-refractivity contribution in [2.45, 2.75) is 0 Å². The first-order chi connectivity index (χ1) is 6.93. The molecule has 0 aliphatic heterocycles. The summed E-state index contributed by atoms with van der Waals surface area (Å²) in [5, 5.41) is 0. The van der Waals surface area contributed by atoms with Gasteiger partial charge in [0.1, 0.15) is 0 Å². The molecule has 0 saturated heterocycles. The van der Waals surface area contributed by atoms with E-state index in [4.69, 9.17) is 5.73 Å². The third kappa shape index (κ3) is 2.40. The van der Waals surface area contributed by atoms with E-state index >= 15 is 0 Å². The largest absolute Gasteiger partial charge is 0.398 e. The van der Waals surface area contributed by atoms with E-state index in [1.54, 1.807) is 26.2 Å². The molecule has 0 bridgehead atoms. The Morgan fingerprint density at radius 2 is 1.80 bits per heavy atom.